The number of hydrogen-bond acceptors (Lipinski definition) is 5. The van der Waals surface area contributed by atoms with Crippen molar-refractivity contribution in [3.63, 3.8) is 0 Å². The molecule has 2 fully saturated rings. The number of halogens is 1. The Morgan fingerprint density at radius 2 is 2.38 bits per heavy atom. The lowest BCUT2D eigenvalue weighted by Gasteiger charge is -2.39. The van der Waals surface area contributed by atoms with Gasteiger partial charge in [0.2, 0.25) is 0 Å². The Hall–Kier alpha value is -1.21. The molecule has 3 N–H and O–H groups in total. The molecular formula is C15H22FN3O2. The molecule has 21 heavy (non-hydrogen) atoms. The quantitative estimate of drug-likeness (QED) is 0.646. The van der Waals surface area contributed by atoms with Crippen molar-refractivity contribution in [2.24, 2.45) is 5.84 Å². The Morgan fingerprint density at radius 3 is 3.14 bits per heavy atom. The molecule has 3 atom stereocenters. The van der Waals surface area contributed by atoms with E-state index in [2.05, 4.69) is 10.3 Å². The fourth-order valence-electron chi connectivity index (χ4n) is 3.39. The van der Waals surface area contributed by atoms with Gasteiger partial charge in [0.05, 0.1) is 25.9 Å². The van der Waals surface area contributed by atoms with E-state index in [-0.39, 0.29) is 18.0 Å². The first kappa shape index (κ1) is 14.7. The summed E-state index contributed by atoms with van der Waals surface area (Å²) in [5, 5.41) is 0. The van der Waals surface area contributed by atoms with Gasteiger partial charge in [-0.2, -0.15) is 0 Å². The lowest BCUT2D eigenvalue weighted by molar-refractivity contribution is -0.0656. The first-order valence-corrected chi connectivity index (χ1v) is 7.38. The predicted octanol–water partition coefficient (Wildman–Crippen LogP) is 1.20. The highest BCUT2D eigenvalue weighted by atomic mass is 19.1. The summed E-state index contributed by atoms with van der Waals surface area (Å²) in [5.74, 6) is 6.03. The predicted molar refractivity (Wildman–Crippen MR) is 77.4 cm³/mol. The number of morpholine rings is 1. The SMILES string of the molecule is COc1ccc(F)cc1C(NN)C1CN2CCCC2CO1. The third-order valence-electron chi connectivity index (χ3n) is 4.49. The van der Waals surface area contributed by atoms with Crippen LogP contribution in [0.3, 0.4) is 0 Å². The molecule has 0 amide bonds. The minimum absolute atomic E-state index is 0.111. The molecule has 5 nitrogen and oxygen atoms in total. The van der Waals surface area contributed by atoms with Gasteiger partial charge < -0.3 is 9.47 Å². The second-order valence-electron chi connectivity index (χ2n) is 5.69. The van der Waals surface area contributed by atoms with Crippen molar-refractivity contribution in [3.8, 4) is 5.75 Å². The summed E-state index contributed by atoms with van der Waals surface area (Å²) in [5.41, 5.74) is 3.47. The molecule has 6 heteroatoms. The highest BCUT2D eigenvalue weighted by molar-refractivity contribution is 5.37. The Bertz CT molecular complexity index is 500. The zero-order chi connectivity index (χ0) is 14.8. The van der Waals surface area contributed by atoms with Crippen molar-refractivity contribution < 1.29 is 13.9 Å². The monoisotopic (exact) mass is 295 g/mol. The normalized spacial score (nSPS) is 27.4. The van der Waals surface area contributed by atoms with Crippen molar-refractivity contribution in [1.82, 2.24) is 10.3 Å². The van der Waals surface area contributed by atoms with Gasteiger partial charge in [0.25, 0.3) is 0 Å². The topological polar surface area (TPSA) is 59.8 Å². The van der Waals surface area contributed by atoms with E-state index in [1.54, 1.807) is 13.2 Å². The lowest BCUT2D eigenvalue weighted by Crippen LogP contribution is -2.51. The Morgan fingerprint density at radius 1 is 1.52 bits per heavy atom. The molecule has 0 aliphatic carbocycles. The lowest BCUT2D eigenvalue weighted by atomic mass is 9.98. The maximum absolute atomic E-state index is 13.6. The molecule has 0 radical (unpaired) electrons. The summed E-state index contributed by atoms with van der Waals surface area (Å²) >= 11 is 0. The molecule has 1 aromatic rings. The van der Waals surface area contributed by atoms with Crippen LogP contribution in [0.25, 0.3) is 0 Å². The van der Waals surface area contributed by atoms with Gasteiger partial charge in [0.1, 0.15) is 11.6 Å². The van der Waals surface area contributed by atoms with E-state index < -0.39 is 0 Å². The number of fused-ring (bicyclic) bond motifs is 1. The molecule has 0 aromatic heterocycles. The van der Waals surface area contributed by atoms with Gasteiger partial charge in [0, 0.05) is 18.2 Å². The van der Waals surface area contributed by atoms with Crippen LogP contribution in [0.1, 0.15) is 24.4 Å². The van der Waals surface area contributed by atoms with Gasteiger partial charge in [0.15, 0.2) is 0 Å². The van der Waals surface area contributed by atoms with Gasteiger partial charge in [-0.1, -0.05) is 0 Å². The summed E-state index contributed by atoms with van der Waals surface area (Å²) in [6.45, 7) is 2.61. The summed E-state index contributed by atoms with van der Waals surface area (Å²) < 4.78 is 24.9. The van der Waals surface area contributed by atoms with Gasteiger partial charge in [-0.15, -0.1) is 0 Å². The molecule has 2 heterocycles. The number of nitrogens with two attached hydrogens (primary N) is 1. The van der Waals surface area contributed by atoms with E-state index in [4.69, 9.17) is 15.3 Å². The number of methoxy groups -OCH3 is 1. The summed E-state index contributed by atoms with van der Waals surface area (Å²) in [7, 11) is 1.57. The Labute approximate surface area is 124 Å². The van der Waals surface area contributed by atoms with Crippen molar-refractivity contribution in [3.05, 3.63) is 29.6 Å². The molecule has 3 unspecified atom stereocenters. The van der Waals surface area contributed by atoms with Crippen LogP contribution in [0, 0.1) is 5.82 Å². The fourth-order valence-corrected chi connectivity index (χ4v) is 3.39. The molecule has 2 aliphatic rings. The van der Waals surface area contributed by atoms with E-state index in [1.807, 2.05) is 0 Å². The third-order valence-corrected chi connectivity index (χ3v) is 4.49. The van der Waals surface area contributed by atoms with Crippen LogP contribution in [0.4, 0.5) is 4.39 Å². The van der Waals surface area contributed by atoms with Crippen LogP contribution in [0.5, 0.6) is 5.75 Å². The smallest absolute Gasteiger partial charge is 0.123 e. The zero-order valence-electron chi connectivity index (χ0n) is 12.2. The third kappa shape index (κ3) is 2.89. The van der Waals surface area contributed by atoms with Crippen molar-refractivity contribution in [2.75, 3.05) is 26.8 Å². The average molecular weight is 295 g/mol. The standard InChI is InChI=1S/C15H22FN3O2/c1-20-13-5-4-10(16)7-12(13)15(18-17)14-8-19-6-2-3-11(19)9-21-14/h4-5,7,11,14-15,18H,2-3,6,8-9,17H2,1H3. The van der Waals surface area contributed by atoms with Crippen molar-refractivity contribution in [1.29, 1.82) is 0 Å². The first-order valence-electron chi connectivity index (χ1n) is 7.38. The van der Waals surface area contributed by atoms with E-state index in [0.717, 1.165) is 13.1 Å². The van der Waals surface area contributed by atoms with Crippen LogP contribution in [0.2, 0.25) is 0 Å². The number of rotatable bonds is 4. The van der Waals surface area contributed by atoms with Crippen LogP contribution >= 0.6 is 0 Å². The largest absolute Gasteiger partial charge is 0.496 e. The number of benzene rings is 1. The van der Waals surface area contributed by atoms with Gasteiger partial charge in [-0.25, -0.2) is 4.39 Å². The van der Waals surface area contributed by atoms with Gasteiger partial charge in [-0.05, 0) is 37.6 Å². The van der Waals surface area contributed by atoms with Crippen molar-refractivity contribution >= 4 is 0 Å². The molecule has 2 aliphatic heterocycles. The molecule has 1 aromatic carbocycles. The number of nitrogens with zero attached hydrogens (tertiary/aromatic N) is 1. The highest BCUT2D eigenvalue weighted by Gasteiger charge is 2.37. The van der Waals surface area contributed by atoms with Crippen LogP contribution in [-0.4, -0.2) is 43.9 Å². The van der Waals surface area contributed by atoms with Crippen LogP contribution < -0.4 is 16.0 Å². The zero-order valence-corrected chi connectivity index (χ0v) is 12.2. The molecule has 0 saturated carbocycles. The number of hydrogen-bond donors (Lipinski definition) is 2. The minimum Gasteiger partial charge on any atom is -0.496 e. The summed E-state index contributed by atoms with van der Waals surface area (Å²) in [6, 6.07) is 4.69. The first-order chi connectivity index (χ1) is 10.2. The van der Waals surface area contributed by atoms with E-state index in [0.29, 0.717) is 24.0 Å². The Kier molecular flexibility index (Phi) is 4.40. The van der Waals surface area contributed by atoms with E-state index in [1.165, 1.54) is 25.0 Å². The number of hydrazine groups is 1. The number of nitrogens with one attached hydrogen (secondary N) is 1. The molecule has 2 saturated heterocycles. The maximum atomic E-state index is 13.6. The van der Waals surface area contributed by atoms with Gasteiger partial charge >= 0.3 is 0 Å². The Balaban J connectivity index is 1.83. The average Bonchev–Trinajstić information content (AvgIpc) is 2.96. The van der Waals surface area contributed by atoms with E-state index in [9.17, 15) is 4.39 Å². The second-order valence-corrected chi connectivity index (χ2v) is 5.69. The van der Waals surface area contributed by atoms with Crippen molar-refractivity contribution in [2.45, 2.75) is 31.0 Å². The van der Waals surface area contributed by atoms with E-state index >= 15 is 0 Å². The molecule has 0 spiro atoms. The molecule has 3 rings (SSSR count). The number of ether oxygens (including phenoxy) is 2. The van der Waals surface area contributed by atoms with Crippen LogP contribution in [0.15, 0.2) is 18.2 Å². The van der Waals surface area contributed by atoms with Gasteiger partial charge in [-0.3, -0.25) is 16.2 Å². The summed E-state index contributed by atoms with van der Waals surface area (Å²) in [4.78, 5) is 2.43. The second kappa shape index (κ2) is 6.27. The minimum atomic E-state index is -0.305. The molecule has 116 valence electrons. The highest BCUT2D eigenvalue weighted by Crippen LogP contribution is 2.32. The molecular weight excluding hydrogens is 273 g/mol. The van der Waals surface area contributed by atoms with Crippen LogP contribution in [-0.2, 0) is 4.74 Å². The summed E-state index contributed by atoms with van der Waals surface area (Å²) in [6.07, 6.45) is 2.29. The fraction of sp³-hybridized carbons (Fsp3) is 0.600. The molecule has 0 bridgehead atoms. The maximum Gasteiger partial charge on any atom is 0.123 e.